The zero-order chi connectivity index (χ0) is 8.81. The molecule has 1 aliphatic carbocycles. The van der Waals surface area contributed by atoms with Crippen molar-refractivity contribution in [3.8, 4) is 0 Å². The topological polar surface area (TPSA) is 48.8 Å². The van der Waals surface area contributed by atoms with Crippen LogP contribution in [0.1, 0.15) is 38.5 Å². The first-order valence-electron chi connectivity index (χ1n) is 4.53. The summed E-state index contributed by atoms with van der Waals surface area (Å²) in [6, 6.07) is 0.246. The van der Waals surface area contributed by atoms with E-state index in [0.717, 1.165) is 6.42 Å². The highest BCUT2D eigenvalue weighted by molar-refractivity contribution is 14.1. The highest BCUT2D eigenvalue weighted by atomic mass is 127. The van der Waals surface area contributed by atoms with E-state index in [1.54, 1.807) is 0 Å². The summed E-state index contributed by atoms with van der Waals surface area (Å²) in [6.07, 6.45) is 7.47. The van der Waals surface area contributed by atoms with E-state index in [1.807, 2.05) is 0 Å². The van der Waals surface area contributed by atoms with Crippen molar-refractivity contribution < 1.29 is 0 Å². The van der Waals surface area contributed by atoms with Crippen molar-refractivity contribution in [2.45, 2.75) is 48.5 Å². The molecule has 0 aromatic heterocycles. The fraction of sp³-hybridized carbons (Fsp3) is 1.00. The van der Waals surface area contributed by atoms with Gasteiger partial charge in [0.2, 0.25) is 0 Å². The second kappa shape index (κ2) is 5.65. The van der Waals surface area contributed by atoms with Crippen LogP contribution in [0.15, 0.2) is 5.11 Å². The Bertz CT molecular complexity index is 177. The first-order valence-corrected chi connectivity index (χ1v) is 5.77. The van der Waals surface area contributed by atoms with E-state index in [2.05, 4.69) is 32.6 Å². The second-order valence-electron chi connectivity index (χ2n) is 3.28. The maximum atomic E-state index is 8.35. The molecular formula is C8H14IN3. The third-order valence-corrected chi connectivity index (χ3v) is 3.80. The fourth-order valence-corrected chi connectivity index (χ4v) is 2.56. The van der Waals surface area contributed by atoms with Crippen LogP contribution in [0.3, 0.4) is 0 Å². The number of alkyl halides is 1. The van der Waals surface area contributed by atoms with Crippen molar-refractivity contribution >= 4 is 22.6 Å². The number of hydrogen-bond donors (Lipinski definition) is 0. The molecule has 0 N–H and O–H groups in total. The minimum atomic E-state index is 0.246. The van der Waals surface area contributed by atoms with Crippen molar-refractivity contribution in [2.24, 2.45) is 5.11 Å². The average Bonchev–Trinajstić information content (AvgIpc) is 2.05. The van der Waals surface area contributed by atoms with Crippen LogP contribution in [-0.4, -0.2) is 9.97 Å². The lowest BCUT2D eigenvalue weighted by Gasteiger charge is -2.20. The Morgan fingerprint density at radius 2 is 1.83 bits per heavy atom. The van der Waals surface area contributed by atoms with Gasteiger partial charge in [-0.25, -0.2) is 0 Å². The zero-order valence-corrected chi connectivity index (χ0v) is 9.27. The fourth-order valence-electron chi connectivity index (χ4n) is 1.62. The van der Waals surface area contributed by atoms with Gasteiger partial charge in [0, 0.05) is 14.9 Å². The number of hydrogen-bond acceptors (Lipinski definition) is 1. The Balaban J connectivity index is 2.48. The van der Waals surface area contributed by atoms with Crippen LogP contribution in [0, 0.1) is 0 Å². The Morgan fingerprint density at radius 1 is 1.17 bits per heavy atom. The molecule has 4 heteroatoms. The lowest BCUT2D eigenvalue weighted by molar-refractivity contribution is 0.472. The summed E-state index contributed by atoms with van der Waals surface area (Å²) < 4.78 is 0.554. The van der Waals surface area contributed by atoms with E-state index in [0.29, 0.717) is 3.92 Å². The standard InChI is InChI=1S/C8H14IN3/c9-7-5-3-1-2-4-6-8(7)11-12-10/h7-8H,1-6H2/t7-,8-/m1/s1. The maximum absolute atomic E-state index is 8.35. The van der Waals surface area contributed by atoms with E-state index in [1.165, 1.54) is 32.1 Å². The van der Waals surface area contributed by atoms with Gasteiger partial charge in [-0.1, -0.05) is 53.4 Å². The van der Waals surface area contributed by atoms with Crippen molar-refractivity contribution in [3.05, 3.63) is 10.4 Å². The van der Waals surface area contributed by atoms with Crippen molar-refractivity contribution in [2.75, 3.05) is 0 Å². The van der Waals surface area contributed by atoms with Crippen molar-refractivity contribution in [1.29, 1.82) is 0 Å². The lowest BCUT2D eigenvalue weighted by Crippen LogP contribution is -2.19. The molecular weight excluding hydrogens is 265 g/mol. The highest BCUT2D eigenvalue weighted by Gasteiger charge is 2.18. The third kappa shape index (κ3) is 3.19. The van der Waals surface area contributed by atoms with Crippen LogP contribution in [0.2, 0.25) is 0 Å². The summed E-state index contributed by atoms with van der Waals surface area (Å²) in [7, 11) is 0. The van der Waals surface area contributed by atoms with Crippen LogP contribution in [0.4, 0.5) is 0 Å². The van der Waals surface area contributed by atoms with Gasteiger partial charge in [0.05, 0.1) is 0 Å². The molecule has 2 atom stereocenters. The molecule has 0 aromatic carbocycles. The number of rotatable bonds is 1. The van der Waals surface area contributed by atoms with Gasteiger partial charge in [0.15, 0.2) is 0 Å². The van der Waals surface area contributed by atoms with Crippen LogP contribution < -0.4 is 0 Å². The van der Waals surface area contributed by atoms with E-state index in [-0.39, 0.29) is 6.04 Å². The summed E-state index contributed by atoms with van der Waals surface area (Å²) in [5.41, 5.74) is 8.35. The molecule has 1 rings (SSSR count). The van der Waals surface area contributed by atoms with Crippen LogP contribution >= 0.6 is 22.6 Å². The van der Waals surface area contributed by atoms with Crippen LogP contribution in [0.5, 0.6) is 0 Å². The van der Waals surface area contributed by atoms with Gasteiger partial charge in [-0.05, 0) is 18.4 Å². The predicted octanol–water partition coefficient (Wildman–Crippen LogP) is 3.82. The van der Waals surface area contributed by atoms with Gasteiger partial charge in [0.25, 0.3) is 0 Å². The largest absolute Gasteiger partial charge is 0.0895 e. The van der Waals surface area contributed by atoms with Crippen molar-refractivity contribution in [1.82, 2.24) is 0 Å². The zero-order valence-electron chi connectivity index (χ0n) is 7.12. The smallest absolute Gasteiger partial charge is 0.0491 e. The molecule has 0 heterocycles. The Labute approximate surface area is 86.7 Å². The number of halogens is 1. The molecule has 0 bridgehead atoms. The SMILES string of the molecule is [N-]=[N+]=N[C@@H]1CCCCCC[C@H]1I. The molecule has 68 valence electrons. The molecule has 0 aliphatic heterocycles. The van der Waals surface area contributed by atoms with E-state index in [4.69, 9.17) is 5.53 Å². The van der Waals surface area contributed by atoms with Gasteiger partial charge < -0.3 is 0 Å². The van der Waals surface area contributed by atoms with Gasteiger partial charge in [-0.15, -0.1) is 0 Å². The highest BCUT2D eigenvalue weighted by Crippen LogP contribution is 2.25. The molecule has 1 aliphatic rings. The number of azide groups is 1. The van der Waals surface area contributed by atoms with Gasteiger partial charge in [-0.2, -0.15) is 0 Å². The number of nitrogens with zero attached hydrogens (tertiary/aromatic N) is 3. The maximum Gasteiger partial charge on any atom is 0.0491 e. The monoisotopic (exact) mass is 279 g/mol. The average molecular weight is 279 g/mol. The van der Waals surface area contributed by atoms with Crippen LogP contribution in [-0.2, 0) is 0 Å². The molecule has 0 spiro atoms. The Hall–Kier alpha value is 0.0400. The molecule has 0 saturated heterocycles. The summed E-state index contributed by atoms with van der Waals surface area (Å²) in [5, 5.41) is 3.84. The Morgan fingerprint density at radius 3 is 2.50 bits per heavy atom. The minimum Gasteiger partial charge on any atom is -0.0895 e. The molecule has 0 radical (unpaired) electrons. The van der Waals surface area contributed by atoms with E-state index in [9.17, 15) is 0 Å². The van der Waals surface area contributed by atoms with Gasteiger partial charge in [-0.3, -0.25) is 0 Å². The second-order valence-corrected chi connectivity index (χ2v) is 4.88. The predicted molar refractivity (Wildman–Crippen MR) is 58.4 cm³/mol. The summed E-state index contributed by atoms with van der Waals surface area (Å²) >= 11 is 2.42. The molecule has 3 nitrogen and oxygen atoms in total. The lowest BCUT2D eigenvalue weighted by atomic mass is 9.97. The molecule has 0 unspecified atom stereocenters. The molecule has 1 saturated carbocycles. The first-order chi connectivity index (χ1) is 5.84. The van der Waals surface area contributed by atoms with E-state index < -0.39 is 0 Å². The van der Waals surface area contributed by atoms with Gasteiger partial charge >= 0.3 is 0 Å². The third-order valence-electron chi connectivity index (χ3n) is 2.35. The summed E-state index contributed by atoms with van der Waals surface area (Å²) in [6.45, 7) is 0. The Kier molecular flexibility index (Phi) is 4.76. The van der Waals surface area contributed by atoms with Crippen LogP contribution in [0.25, 0.3) is 10.4 Å². The quantitative estimate of drug-likeness (QED) is 0.230. The molecule has 0 amide bonds. The molecule has 12 heavy (non-hydrogen) atoms. The van der Waals surface area contributed by atoms with Crippen molar-refractivity contribution in [3.63, 3.8) is 0 Å². The summed E-state index contributed by atoms with van der Waals surface area (Å²) in [5.74, 6) is 0. The molecule has 1 fully saturated rings. The summed E-state index contributed by atoms with van der Waals surface area (Å²) in [4.78, 5) is 2.90. The normalized spacial score (nSPS) is 31.4. The van der Waals surface area contributed by atoms with Gasteiger partial charge in [0.1, 0.15) is 0 Å². The minimum absolute atomic E-state index is 0.246. The van der Waals surface area contributed by atoms with E-state index >= 15 is 0 Å². The first kappa shape index (κ1) is 10.1. The molecule has 0 aromatic rings.